The lowest BCUT2D eigenvalue weighted by molar-refractivity contribution is -0.137. The maximum Gasteiger partial charge on any atom is 0.306 e. The molecule has 0 saturated heterocycles. The molecule has 0 spiro atoms. The van der Waals surface area contributed by atoms with E-state index in [4.69, 9.17) is 4.99 Å². The van der Waals surface area contributed by atoms with Gasteiger partial charge in [-0.2, -0.15) is 0 Å². The summed E-state index contributed by atoms with van der Waals surface area (Å²) < 4.78 is 1.95. The number of hydrogen-bond acceptors (Lipinski definition) is 7. The summed E-state index contributed by atoms with van der Waals surface area (Å²) in [5.74, 6) is 0.165. The number of nitrogens with one attached hydrogen (secondary N) is 2. The fraction of sp³-hybridized carbons (Fsp3) is 0.222. The zero-order valence-corrected chi connectivity index (χ0v) is 21.7. The van der Waals surface area contributed by atoms with Gasteiger partial charge in [0.1, 0.15) is 16.9 Å². The smallest absolute Gasteiger partial charge is 0.306 e. The monoisotopic (exact) mass is 514 g/mol. The SMILES string of the molecule is CC(=O)Nc1cccc(Nc2ccc(C3=N[C@@H](CC(=O)O)c4nnc(C)n4-c4sc(C)c(C)c43)cc2)c1. The second kappa shape index (κ2) is 9.62. The number of thiophene rings is 1. The molecule has 1 aliphatic rings. The van der Waals surface area contributed by atoms with Crippen molar-refractivity contribution in [3.05, 3.63) is 81.7 Å². The Bertz CT molecular complexity index is 1550. The van der Waals surface area contributed by atoms with Crippen molar-refractivity contribution < 1.29 is 14.7 Å². The minimum Gasteiger partial charge on any atom is -0.481 e. The first-order chi connectivity index (χ1) is 17.7. The molecule has 188 valence electrons. The molecule has 5 rings (SSSR count). The fourth-order valence-corrected chi connectivity index (χ4v) is 5.66. The van der Waals surface area contributed by atoms with Crippen molar-refractivity contribution in [1.29, 1.82) is 0 Å². The zero-order valence-electron chi connectivity index (χ0n) is 20.9. The van der Waals surface area contributed by atoms with Crippen molar-refractivity contribution in [2.75, 3.05) is 10.6 Å². The molecule has 0 unspecified atom stereocenters. The molecule has 3 heterocycles. The standard InChI is InChI=1S/C27H26N6O3S/c1-14-15(2)37-27-24(14)25(30-22(13-23(35)36)26-32-31-16(3)33(26)27)18-8-10-19(11-9-18)29-21-7-5-6-20(12-21)28-17(4)34/h5-12,22,29H,13H2,1-4H3,(H,28,34)(H,35,36)/t22-/m0/s1. The van der Waals surface area contributed by atoms with Crippen LogP contribution in [0.4, 0.5) is 17.1 Å². The summed E-state index contributed by atoms with van der Waals surface area (Å²) in [5.41, 5.74) is 6.12. The molecular weight excluding hydrogens is 488 g/mol. The number of anilines is 3. The molecule has 0 aliphatic carbocycles. The first-order valence-electron chi connectivity index (χ1n) is 11.8. The van der Waals surface area contributed by atoms with Gasteiger partial charge in [-0.1, -0.05) is 18.2 Å². The van der Waals surface area contributed by atoms with E-state index in [0.717, 1.165) is 43.7 Å². The molecule has 0 bridgehead atoms. The van der Waals surface area contributed by atoms with E-state index < -0.39 is 12.0 Å². The lowest BCUT2D eigenvalue weighted by atomic mass is 9.99. The van der Waals surface area contributed by atoms with Crippen LogP contribution >= 0.6 is 11.3 Å². The summed E-state index contributed by atoms with van der Waals surface area (Å²) in [4.78, 5) is 29.2. The molecule has 37 heavy (non-hydrogen) atoms. The predicted molar refractivity (Wildman–Crippen MR) is 145 cm³/mol. The van der Waals surface area contributed by atoms with Crippen LogP contribution in [-0.2, 0) is 9.59 Å². The largest absolute Gasteiger partial charge is 0.481 e. The van der Waals surface area contributed by atoms with Gasteiger partial charge in [0.25, 0.3) is 0 Å². The van der Waals surface area contributed by atoms with Crippen molar-refractivity contribution in [2.45, 2.75) is 40.2 Å². The van der Waals surface area contributed by atoms with Crippen molar-refractivity contribution in [3.8, 4) is 5.00 Å². The first kappa shape index (κ1) is 24.4. The van der Waals surface area contributed by atoms with Gasteiger partial charge < -0.3 is 15.7 Å². The second-order valence-corrected chi connectivity index (χ2v) is 10.2. The summed E-state index contributed by atoms with van der Waals surface area (Å²) >= 11 is 1.63. The average Bonchev–Trinajstić information content (AvgIpc) is 3.31. The van der Waals surface area contributed by atoms with Gasteiger partial charge in [0.2, 0.25) is 5.91 Å². The Morgan fingerprint density at radius 1 is 1.03 bits per heavy atom. The van der Waals surface area contributed by atoms with Gasteiger partial charge in [0.15, 0.2) is 5.82 Å². The number of amides is 1. The van der Waals surface area contributed by atoms with Crippen molar-refractivity contribution in [1.82, 2.24) is 14.8 Å². The Morgan fingerprint density at radius 3 is 2.46 bits per heavy atom. The molecule has 0 fully saturated rings. The van der Waals surface area contributed by atoms with Crippen LogP contribution in [0.15, 0.2) is 53.5 Å². The van der Waals surface area contributed by atoms with Gasteiger partial charge in [-0.05, 0) is 56.7 Å². The number of benzene rings is 2. The maximum atomic E-state index is 11.7. The number of aryl methyl sites for hydroxylation is 2. The zero-order chi connectivity index (χ0) is 26.3. The number of carboxylic acid groups (broad SMARTS) is 1. The second-order valence-electron chi connectivity index (χ2n) is 8.96. The van der Waals surface area contributed by atoms with Crippen LogP contribution in [0.2, 0.25) is 0 Å². The van der Waals surface area contributed by atoms with Crippen LogP contribution in [0.3, 0.4) is 0 Å². The van der Waals surface area contributed by atoms with Crippen LogP contribution < -0.4 is 10.6 Å². The topological polar surface area (TPSA) is 122 Å². The number of aliphatic carboxylic acids is 1. The number of carbonyl (C=O) groups is 2. The fourth-order valence-electron chi connectivity index (χ4n) is 4.45. The van der Waals surface area contributed by atoms with Gasteiger partial charge in [-0.3, -0.25) is 19.1 Å². The van der Waals surface area contributed by atoms with E-state index in [1.807, 2.05) is 60.0 Å². The van der Waals surface area contributed by atoms with E-state index in [1.54, 1.807) is 11.3 Å². The molecule has 4 aromatic rings. The molecule has 2 aromatic carbocycles. The summed E-state index contributed by atoms with van der Waals surface area (Å²) in [5, 5.41) is 25.2. The van der Waals surface area contributed by atoms with Gasteiger partial charge in [-0.25, -0.2) is 0 Å². The van der Waals surface area contributed by atoms with Crippen LogP contribution in [0, 0.1) is 20.8 Å². The Kier molecular flexibility index (Phi) is 6.34. The molecule has 0 radical (unpaired) electrons. The Morgan fingerprint density at radius 2 is 1.76 bits per heavy atom. The van der Waals surface area contributed by atoms with Crippen molar-refractivity contribution in [3.63, 3.8) is 0 Å². The normalized spacial score (nSPS) is 14.3. The molecule has 10 heteroatoms. The molecule has 1 aliphatic heterocycles. The highest BCUT2D eigenvalue weighted by Gasteiger charge is 2.32. The third-order valence-corrected chi connectivity index (χ3v) is 7.43. The van der Waals surface area contributed by atoms with Gasteiger partial charge >= 0.3 is 5.97 Å². The van der Waals surface area contributed by atoms with E-state index in [1.165, 1.54) is 6.92 Å². The first-order valence-corrected chi connectivity index (χ1v) is 12.6. The Hall–Kier alpha value is -4.31. The van der Waals surface area contributed by atoms with Gasteiger partial charge in [0, 0.05) is 40.0 Å². The van der Waals surface area contributed by atoms with E-state index >= 15 is 0 Å². The lowest BCUT2D eigenvalue weighted by Gasteiger charge is -2.12. The average molecular weight is 515 g/mol. The summed E-state index contributed by atoms with van der Waals surface area (Å²) in [6.07, 6.45) is -0.182. The number of carbonyl (C=O) groups excluding carboxylic acids is 1. The summed E-state index contributed by atoms with van der Waals surface area (Å²) in [7, 11) is 0. The van der Waals surface area contributed by atoms with Crippen LogP contribution in [0.1, 0.15) is 52.6 Å². The summed E-state index contributed by atoms with van der Waals surface area (Å²) in [6, 6.07) is 14.7. The third kappa shape index (κ3) is 4.75. The molecular formula is C27H26N6O3S. The minimum atomic E-state index is -0.945. The number of nitrogens with zero attached hydrogens (tertiary/aromatic N) is 4. The summed E-state index contributed by atoms with van der Waals surface area (Å²) in [6.45, 7) is 7.48. The number of aromatic nitrogens is 3. The van der Waals surface area contributed by atoms with Gasteiger partial charge in [0.05, 0.1) is 12.1 Å². The third-order valence-electron chi connectivity index (χ3n) is 6.24. The number of fused-ring (bicyclic) bond motifs is 3. The van der Waals surface area contributed by atoms with E-state index in [0.29, 0.717) is 17.3 Å². The molecule has 0 saturated carbocycles. The molecule has 3 N–H and O–H groups in total. The highest BCUT2D eigenvalue weighted by atomic mass is 32.1. The van der Waals surface area contributed by atoms with E-state index in [2.05, 4.69) is 34.7 Å². The van der Waals surface area contributed by atoms with Crippen LogP contribution in [0.25, 0.3) is 5.00 Å². The molecule has 9 nitrogen and oxygen atoms in total. The Labute approximate surface area is 217 Å². The lowest BCUT2D eigenvalue weighted by Crippen LogP contribution is -2.10. The van der Waals surface area contributed by atoms with E-state index in [-0.39, 0.29) is 12.3 Å². The number of carboxylic acids is 1. The molecule has 1 amide bonds. The number of hydrogen-bond donors (Lipinski definition) is 3. The quantitative estimate of drug-likeness (QED) is 0.320. The Balaban J connectivity index is 1.54. The van der Waals surface area contributed by atoms with Crippen LogP contribution in [0.5, 0.6) is 0 Å². The predicted octanol–water partition coefficient (Wildman–Crippen LogP) is 5.32. The number of aliphatic imine (C=N–C) groups is 1. The van der Waals surface area contributed by atoms with Crippen molar-refractivity contribution >= 4 is 46.0 Å². The van der Waals surface area contributed by atoms with Crippen LogP contribution in [-0.4, -0.2) is 37.5 Å². The minimum absolute atomic E-state index is 0.127. The van der Waals surface area contributed by atoms with E-state index in [9.17, 15) is 14.7 Å². The number of rotatable bonds is 6. The van der Waals surface area contributed by atoms with Gasteiger partial charge in [-0.15, -0.1) is 21.5 Å². The van der Waals surface area contributed by atoms with Crippen molar-refractivity contribution in [2.24, 2.45) is 4.99 Å². The highest BCUT2D eigenvalue weighted by Crippen LogP contribution is 2.39. The molecule has 1 atom stereocenters. The maximum absolute atomic E-state index is 11.7. The molecule has 2 aromatic heterocycles. The highest BCUT2D eigenvalue weighted by molar-refractivity contribution is 7.15.